The molecule has 0 saturated carbocycles. The average Bonchev–Trinajstić information content (AvgIpc) is 2.38. The van der Waals surface area contributed by atoms with E-state index < -0.39 is 4.92 Å². The van der Waals surface area contributed by atoms with Gasteiger partial charge < -0.3 is 4.74 Å². The normalized spacial score (nSPS) is 10.0. The number of nitro benzene ring substituents is 1. The van der Waals surface area contributed by atoms with E-state index in [0.717, 1.165) is 0 Å². The number of nitrogens with one attached hydrogen (secondary N) is 1. The van der Waals surface area contributed by atoms with E-state index in [4.69, 9.17) is 10.6 Å². The van der Waals surface area contributed by atoms with Crippen LogP contribution in [0.15, 0.2) is 30.3 Å². The van der Waals surface area contributed by atoms with Gasteiger partial charge in [-0.25, -0.2) is 10.8 Å². The van der Waals surface area contributed by atoms with Gasteiger partial charge in [0.15, 0.2) is 0 Å². The number of benzene rings is 1. The highest BCUT2D eigenvalue weighted by atomic mass is 16.6. The Morgan fingerprint density at radius 1 is 1.37 bits per heavy atom. The van der Waals surface area contributed by atoms with E-state index >= 15 is 0 Å². The fourth-order valence-corrected chi connectivity index (χ4v) is 1.44. The standard InChI is InChI=1S/C11H11N5O3/c1-7-5-10(14-11(13-7)15-12)19-9-4-2-3-8(6-9)16(17)18/h2-6H,12H2,1H3,(H,13,14,15). The van der Waals surface area contributed by atoms with Gasteiger partial charge in [-0.3, -0.25) is 15.5 Å². The summed E-state index contributed by atoms with van der Waals surface area (Å²) >= 11 is 0. The highest BCUT2D eigenvalue weighted by molar-refractivity contribution is 5.40. The van der Waals surface area contributed by atoms with Crippen molar-refractivity contribution in [2.45, 2.75) is 6.92 Å². The van der Waals surface area contributed by atoms with E-state index in [1.54, 1.807) is 19.1 Å². The third-order valence-corrected chi connectivity index (χ3v) is 2.21. The van der Waals surface area contributed by atoms with Gasteiger partial charge in [-0.05, 0) is 13.0 Å². The fraction of sp³-hybridized carbons (Fsp3) is 0.0909. The lowest BCUT2D eigenvalue weighted by Crippen LogP contribution is -2.11. The summed E-state index contributed by atoms with van der Waals surface area (Å²) in [7, 11) is 0. The molecule has 0 aliphatic heterocycles. The number of aryl methyl sites for hydroxylation is 1. The van der Waals surface area contributed by atoms with Crippen LogP contribution in [0.5, 0.6) is 11.6 Å². The first kappa shape index (κ1) is 12.7. The van der Waals surface area contributed by atoms with Crippen LogP contribution < -0.4 is 16.0 Å². The third kappa shape index (κ3) is 3.13. The van der Waals surface area contributed by atoms with Gasteiger partial charge in [0.2, 0.25) is 11.8 Å². The minimum absolute atomic E-state index is 0.0551. The van der Waals surface area contributed by atoms with E-state index in [0.29, 0.717) is 11.4 Å². The topological polar surface area (TPSA) is 116 Å². The molecule has 0 radical (unpaired) electrons. The molecule has 98 valence electrons. The number of non-ortho nitro benzene ring substituents is 1. The highest BCUT2D eigenvalue weighted by Gasteiger charge is 2.08. The van der Waals surface area contributed by atoms with Gasteiger partial charge in [0, 0.05) is 17.8 Å². The molecule has 8 heteroatoms. The summed E-state index contributed by atoms with van der Waals surface area (Å²) < 4.78 is 5.44. The van der Waals surface area contributed by atoms with Gasteiger partial charge in [-0.15, -0.1) is 0 Å². The molecule has 0 atom stereocenters. The Labute approximate surface area is 108 Å². The van der Waals surface area contributed by atoms with Crippen LogP contribution in [0, 0.1) is 17.0 Å². The maximum Gasteiger partial charge on any atom is 0.273 e. The maximum atomic E-state index is 10.7. The van der Waals surface area contributed by atoms with Crippen molar-refractivity contribution >= 4 is 11.6 Å². The molecule has 0 spiro atoms. The third-order valence-electron chi connectivity index (χ3n) is 2.21. The highest BCUT2D eigenvalue weighted by Crippen LogP contribution is 2.24. The summed E-state index contributed by atoms with van der Waals surface area (Å²) in [4.78, 5) is 18.1. The monoisotopic (exact) mass is 261 g/mol. The van der Waals surface area contributed by atoms with Crippen molar-refractivity contribution in [2.75, 3.05) is 5.43 Å². The SMILES string of the molecule is Cc1cc(Oc2cccc([N+](=O)[O-])c2)nc(NN)n1. The Balaban J connectivity index is 2.28. The predicted molar refractivity (Wildman–Crippen MR) is 67.7 cm³/mol. The minimum Gasteiger partial charge on any atom is -0.439 e. The first-order valence-corrected chi connectivity index (χ1v) is 5.33. The molecule has 0 bridgehead atoms. The van der Waals surface area contributed by atoms with Gasteiger partial charge in [0.1, 0.15) is 5.75 Å². The molecule has 8 nitrogen and oxygen atoms in total. The summed E-state index contributed by atoms with van der Waals surface area (Å²) in [6.07, 6.45) is 0. The molecule has 0 aliphatic rings. The summed E-state index contributed by atoms with van der Waals surface area (Å²) in [5, 5.41) is 10.7. The van der Waals surface area contributed by atoms with Crippen molar-refractivity contribution in [3.8, 4) is 11.6 Å². The van der Waals surface area contributed by atoms with E-state index in [-0.39, 0.29) is 17.5 Å². The number of hydrogen-bond acceptors (Lipinski definition) is 7. The number of hydrazine groups is 1. The molecule has 3 N–H and O–H groups in total. The summed E-state index contributed by atoms with van der Waals surface area (Å²) in [5.41, 5.74) is 2.91. The van der Waals surface area contributed by atoms with E-state index in [1.807, 2.05) is 0 Å². The molecule has 0 saturated heterocycles. The Hall–Kier alpha value is -2.74. The summed E-state index contributed by atoms with van der Waals surface area (Å²) in [6, 6.07) is 7.42. The van der Waals surface area contributed by atoms with Gasteiger partial charge >= 0.3 is 0 Å². The summed E-state index contributed by atoms with van der Waals surface area (Å²) in [6.45, 7) is 1.75. The molecule has 0 fully saturated rings. The molecule has 0 aliphatic carbocycles. The maximum absolute atomic E-state index is 10.7. The molecule has 2 rings (SSSR count). The fourth-order valence-electron chi connectivity index (χ4n) is 1.44. The van der Waals surface area contributed by atoms with Crippen LogP contribution in [-0.2, 0) is 0 Å². The van der Waals surface area contributed by atoms with Crippen molar-refractivity contribution < 1.29 is 9.66 Å². The van der Waals surface area contributed by atoms with Crippen molar-refractivity contribution in [3.05, 3.63) is 46.1 Å². The zero-order chi connectivity index (χ0) is 13.8. The molecule has 1 aromatic carbocycles. The lowest BCUT2D eigenvalue weighted by molar-refractivity contribution is -0.384. The molecule has 0 unspecified atom stereocenters. The molecular weight excluding hydrogens is 250 g/mol. The van der Waals surface area contributed by atoms with Gasteiger partial charge in [-0.2, -0.15) is 4.98 Å². The lowest BCUT2D eigenvalue weighted by Gasteiger charge is -2.06. The Bertz CT molecular complexity index is 617. The van der Waals surface area contributed by atoms with Crippen molar-refractivity contribution in [1.82, 2.24) is 9.97 Å². The van der Waals surface area contributed by atoms with Crippen molar-refractivity contribution in [1.29, 1.82) is 0 Å². The lowest BCUT2D eigenvalue weighted by atomic mass is 10.3. The smallest absolute Gasteiger partial charge is 0.273 e. The van der Waals surface area contributed by atoms with Gasteiger partial charge in [-0.1, -0.05) is 6.07 Å². The minimum atomic E-state index is -0.495. The van der Waals surface area contributed by atoms with Crippen LogP contribution in [0.1, 0.15) is 5.69 Å². The number of nitrogen functional groups attached to an aromatic ring is 1. The number of aromatic nitrogens is 2. The van der Waals surface area contributed by atoms with Crippen LogP contribution in [0.2, 0.25) is 0 Å². The predicted octanol–water partition coefficient (Wildman–Crippen LogP) is 1.77. The second-order valence-electron chi connectivity index (χ2n) is 3.67. The van der Waals surface area contributed by atoms with E-state index in [1.165, 1.54) is 18.2 Å². The van der Waals surface area contributed by atoms with Gasteiger partial charge in [0.05, 0.1) is 11.0 Å². The molecule has 19 heavy (non-hydrogen) atoms. The number of nitrogens with two attached hydrogens (primary N) is 1. The molecule has 1 heterocycles. The van der Waals surface area contributed by atoms with Crippen molar-refractivity contribution in [2.24, 2.45) is 5.84 Å². The molecule has 0 amide bonds. The molecule has 1 aromatic heterocycles. The number of nitrogens with zero attached hydrogens (tertiary/aromatic N) is 3. The number of ether oxygens (including phenoxy) is 1. The van der Waals surface area contributed by atoms with Crippen LogP contribution in [0.25, 0.3) is 0 Å². The van der Waals surface area contributed by atoms with E-state index in [9.17, 15) is 10.1 Å². The number of hydrogen-bond donors (Lipinski definition) is 2. The average molecular weight is 261 g/mol. The number of anilines is 1. The Morgan fingerprint density at radius 3 is 2.84 bits per heavy atom. The van der Waals surface area contributed by atoms with Gasteiger partial charge in [0.25, 0.3) is 5.69 Å². The zero-order valence-corrected chi connectivity index (χ0v) is 10.0. The van der Waals surface area contributed by atoms with Crippen molar-refractivity contribution in [3.63, 3.8) is 0 Å². The van der Waals surface area contributed by atoms with E-state index in [2.05, 4.69) is 15.4 Å². The Morgan fingerprint density at radius 2 is 2.16 bits per heavy atom. The number of nitro groups is 1. The summed E-state index contributed by atoms with van der Waals surface area (Å²) in [5.74, 6) is 6.00. The van der Waals surface area contributed by atoms with Crippen LogP contribution in [-0.4, -0.2) is 14.9 Å². The molecular formula is C11H11N5O3. The molecule has 2 aromatic rings. The van der Waals surface area contributed by atoms with Crippen LogP contribution >= 0.6 is 0 Å². The first-order chi connectivity index (χ1) is 9.08. The quantitative estimate of drug-likeness (QED) is 0.489. The number of rotatable bonds is 4. The largest absolute Gasteiger partial charge is 0.439 e. The first-order valence-electron chi connectivity index (χ1n) is 5.33. The second kappa shape index (κ2) is 5.27. The second-order valence-corrected chi connectivity index (χ2v) is 3.67. The Kier molecular flexibility index (Phi) is 3.53. The van der Waals surface area contributed by atoms with Crippen LogP contribution in [0.3, 0.4) is 0 Å². The van der Waals surface area contributed by atoms with Crippen LogP contribution in [0.4, 0.5) is 11.6 Å². The zero-order valence-electron chi connectivity index (χ0n) is 10.0.